The maximum atomic E-state index is 11.9. The van der Waals surface area contributed by atoms with Gasteiger partial charge in [-0.15, -0.1) is 0 Å². The highest BCUT2D eigenvalue weighted by atomic mass is 16.2. The van der Waals surface area contributed by atoms with E-state index in [1.807, 2.05) is 54.6 Å². The summed E-state index contributed by atoms with van der Waals surface area (Å²) in [7, 11) is 0. The third kappa shape index (κ3) is 5.58. The monoisotopic (exact) mass is 310 g/mol. The number of unbranched alkanes of at least 4 members (excludes halogenated alkanes) is 1. The number of nitrogens with one attached hydrogen (secondary N) is 2. The zero-order valence-corrected chi connectivity index (χ0v) is 13.3. The van der Waals surface area contributed by atoms with Crippen molar-refractivity contribution in [3.63, 3.8) is 0 Å². The van der Waals surface area contributed by atoms with Crippen molar-refractivity contribution in [1.82, 2.24) is 5.32 Å². The molecule has 0 heterocycles. The summed E-state index contributed by atoms with van der Waals surface area (Å²) in [5, 5.41) is 5.22. The highest BCUT2D eigenvalue weighted by molar-refractivity contribution is 6.39. The first-order valence-electron chi connectivity index (χ1n) is 7.91. The van der Waals surface area contributed by atoms with Crippen molar-refractivity contribution in [2.45, 2.75) is 32.7 Å². The van der Waals surface area contributed by atoms with Crippen LogP contribution in [0.1, 0.15) is 30.9 Å². The van der Waals surface area contributed by atoms with Gasteiger partial charge in [0.1, 0.15) is 0 Å². The molecule has 2 aromatic rings. The van der Waals surface area contributed by atoms with Crippen molar-refractivity contribution >= 4 is 17.5 Å². The van der Waals surface area contributed by atoms with Crippen LogP contribution in [-0.2, 0) is 22.6 Å². The highest BCUT2D eigenvalue weighted by Gasteiger charge is 2.13. The number of benzene rings is 2. The summed E-state index contributed by atoms with van der Waals surface area (Å²) >= 11 is 0. The van der Waals surface area contributed by atoms with E-state index in [0.717, 1.165) is 24.8 Å². The molecular formula is C19H22N2O2. The van der Waals surface area contributed by atoms with E-state index >= 15 is 0 Å². The van der Waals surface area contributed by atoms with Crippen molar-refractivity contribution in [3.05, 3.63) is 65.7 Å². The number of amides is 2. The Balaban J connectivity index is 1.82. The molecule has 0 atom stereocenters. The average molecular weight is 310 g/mol. The molecule has 2 amide bonds. The molecule has 0 spiro atoms. The topological polar surface area (TPSA) is 58.2 Å². The molecule has 2 rings (SSSR count). The summed E-state index contributed by atoms with van der Waals surface area (Å²) in [5.41, 5.74) is 2.82. The van der Waals surface area contributed by atoms with E-state index in [-0.39, 0.29) is 0 Å². The van der Waals surface area contributed by atoms with E-state index in [2.05, 4.69) is 17.6 Å². The van der Waals surface area contributed by atoms with Crippen LogP contribution >= 0.6 is 0 Å². The highest BCUT2D eigenvalue weighted by Crippen LogP contribution is 2.11. The van der Waals surface area contributed by atoms with Crippen molar-refractivity contribution in [2.24, 2.45) is 0 Å². The van der Waals surface area contributed by atoms with Gasteiger partial charge in [0.15, 0.2) is 0 Å². The van der Waals surface area contributed by atoms with Gasteiger partial charge in [0.05, 0.1) is 0 Å². The van der Waals surface area contributed by atoms with Crippen LogP contribution in [0.4, 0.5) is 5.69 Å². The van der Waals surface area contributed by atoms with Crippen molar-refractivity contribution in [2.75, 3.05) is 5.32 Å². The van der Waals surface area contributed by atoms with Gasteiger partial charge < -0.3 is 10.6 Å². The molecule has 0 aromatic heterocycles. The average Bonchev–Trinajstić information content (AvgIpc) is 2.60. The normalized spacial score (nSPS) is 10.1. The molecule has 0 radical (unpaired) electrons. The van der Waals surface area contributed by atoms with Gasteiger partial charge in [-0.25, -0.2) is 0 Å². The van der Waals surface area contributed by atoms with Gasteiger partial charge in [-0.3, -0.25) is 9.59 Å². The predicted octanol–water partition coefficient (Wildman–Crippen LogP) is 3.28. The third-order valence-corrected chi connectivity index (χ3v) is 3.53. The second-order valence-corrected chi connectivity index (χ2v) is 5.42. The molecule has 0 aliphatic rings. The molecule has 0 aliphatic carbocycles. The molecule has 0 fully saturated rings. The fraction of sp³-hybridized carbons (Fsp3) is 0.263. The van der Waals surface area contributed by atoms with E-state index in [1.165, 1.54) is 5.56 Å². The summed E-state index contributed by atoms with van der Waals surface area (Å²) in [5.74, 6) is -1.29. The molecule has 4 nitrogen and oxygen atoms in total. The lowest BCUT2D eigenvalue weighted by Crippen LogP contribution is -2.34. The number of hydrogen-bond acceptors (Lipinski definition) is 2. The van der Waals surface area contributed by atoms with Gasteiger partial charge in [-0.05, 0) is 36.1 Å². The van der Waals surface area contributed by atoms with E-state index in [9.17, 15) is 9.59 Å². The zero-order chi connectivity index (χ0) is 16.5. The van der Waals surface area contributed by atoms with E-state index in [1.54, 1.807) is 0 Å². The molecular weight excluding hydrogens is 288 g/mol. The molecule has 0 unspecified atom stereocenters. The van der Waals surface area contributed by atoms with Crippen LogP contribution in [0.25, 0.3) is 0 Å². The number of anilines is 1. The first kappa shape index (κ1) is 16.7. The fourth-order valence-electron chi connectivity index (χ4n) is 2.18. The largest absolute Gasteiger partial charge is 0.344 e. The third-order valence-electron chi connectivity index (χ3n) is 3.53. The molecule has 0 saturated heterocycles. The van der Waals surface area contributed by atoms with Crippen LogP contribution in [0.3, 0.4) is 0 Å². The lowest BCUT2D eigenvalue weighted by Gasteiger charge is -2.07. The molecule has 0 saturated carbocycles. The number of aryl methyl sites for hydroxylation is 1. The second-order valence-electron chi connectivity index (χ2n) is 5.42. The quantitative estimate of drug-likeness (QED) is 0.804. The Bertz CT molecular complexity index is 636. The summed E-state index contributed by atoms with van der Waals surface area (Å²) in [6.45, 7) is 2.49. The Morgan fingerprint density at radius 3 is 2.22 bits per heavy atom. The molecule has 4 heteroatoms. The Morgan fingerprint density at radius 1 is 0.870 bits per heavy atom. The SMILES string of the molecule is CCCCc1ccc(NC(=O)C(=O)NCc2ccccc2)cc1. The van der Waals surface area contributed by atoms with Crippen LogP contribution in [0, 0.1) is 0 Å². The smallest absolute Gasteiger partial charge is 0.313 e. The number of hydrogen-bond donors (Lipinski definition) is 2. The minimum absolute atomic E-state index is 0.336. The lowest BCUT2D eigenvalue weighted by atomic mass is 10.1. The number of carbonyl (C=O) groups is 2. The standard InChI is InChI=1S/C19H22N2O2/c1-2-3-7-15-10-12-17(13-11-15)21-19(23)18(22)20-14-16-8-5-4-6-9-16/h4-6,8-13H,2-3,7,14H2,1H3,(H,20,22)(H,21,23). The Hall–Kier alpha value is -2.62. The first-order chi connectivity index (χ1) is 11.2. The van der Waals surface area contributed by atoms with Crippen molar-refractivity contribution in [1.29, 1.82) is 0 Å². The molecule has 0 bridgehead atoms. The van der Waals surface area contributed by atoms with Gasteiger partial charge >= 0.3 is 11.8 Å². The molecule has 120 valence electrons. The minimum atomic E-state index is -0.651. The van der Waals surface area contributed by atoms with Crippen LogP contribution in [-0.4, -0.2) is 11.8 Å². The molecule has 0 aliphatic heterocycles. The molecule has 2 aromatic carbocycles. The Kier molecular flexibility index (Phi) is 6.36. The minimum Gasteiger partial charge on any atom is -0.344 e. The van der Waals surface area contributed by atoms with E-state index in [0.29, 0.717) is 12.2 Å². The summed E-state index contributed by atoms with van der Waals surface area (Å²) in [4.78, 5) is 23.7. The summed E-state index contributed by atoms with van der Waals surface area (Å²) in [6, 6.07) is 17.1. The van der Waals surface area contributed by atoms with Crippen LogP contribution in [0.2, 0.25) is 0 Å². The molecule has 23 heavy (non-hydrogen) atoms. The van der Waals surface area contributed by atoms with Gasteiger partial charge in [0, 0.05) is 12.2 Å². The van der Waals surface area contributed by atoms with Crippen LogP contribution in [0.5, 0.6) is 0 Å². The second kappa shape index (κ2) is 8.73. The number of carbonyl (C=O) groups excluding carboxylic acids is 2. The van der Waals surface area contributed by atoms with Gasteiger partial charge in [0.25, 0.3) is 0 Å². The summed E-state index contributed by atoms with van der Waals surface area (Å²) < 4.78 is 0. The van der Waals surface area contributed by atoms with Crippen molar-refractivity contribution in [3.8, 4) is 0 Å². The predicted molar refractivity (Wildman–Crippen MR) is 92.0 cm³/mol. The van der Waals surface area contributed by atoms with E-state index < -0.39 is 11.8 Å². The first-order valence-corrected chi connectivity index (χ1v) is 7.91. The van der Waals surface area contributed by atoms with E-state index in [4.69, 9.17) is 0 Å². The number of rotatable bonds is 6. The Labute approximate surface area is 136 Å². The lowest BCUT2D eigenvalue weighted by molar-refractivity contribution is -0.136. The maximum absolute atomic E-state index is 11.9. The summed E-state index contributed by atoms with van der Waals surface area (Å²) in [6.07, 6.45) is 3.33. The van der Waals surface area contributed by atoms with Crippen LogP contribution in [0.15, 0.2) is 54.6 Å². The molecule has 2 N–H and O–H groups in total. The van der Waals surface area contributed by atoms with Gasteiger partial charge in [0.2, 0.25) is 0 Å². The fourth-order valence-corrected chi connectivity index (χ4v) is 2.18. The van der Waals surface area contributed by atoms with Gasteiger partial charge in [-0.1, -0.05) is 55.8 Å². The zero-order valence-electron chi connectivity index (χ0n) is 13.3. The van der Waals surface area contributed by atoms with Crippen LogP contribution < -0.4 is 10.6 Å². The Morgan fingerprint density at radius 2 is 1.57 bits per heavy atom. The van der Waals surface area contributed by atoms with Gasteiger partial charge in [-0.2, -0.15) is 0 Å². The van der Waals surface area contributed by atoms with Crippen molar-refractivity contribution < 1.29 is 9.59 Å². The maximum Gasteiger partial charge on any atom is 0.313 e.